The molecule has 2 atom stereocenters. The van der Waals surface area contributed by atoms with E-state index in [2.05, 4.69) is 41.8 Å². The predicted molar refractivity (Wildman–Crippen MR) is 106 cm³/mol. The predicted octanol–water partition coefficient (Wildman–Crippen LogP) is 3.64. The number of hydrogen-bond acceptors (Lipinski definition) is 3. The fourth-order valence-corrected chi connectivity index (χ4v) is 4.18. The van der Waals surface area contributed by atoms with Gasteiger partial charge in [0.05, 0.1) is 16.8 Å². The van der Waals surface area contributed by atoms with Gasteiger partial charge in [-0.15, -0.1) is 6.42 Å². The molecule has 1 aliphatic carbocycles. The van der Waals surface area contributed by atoms with Gasteiger partial charge in [0, 0.05) is 25.6 Å². The molecule has 4 nitrogen and oxygen atoms in total. The van der Waals surface area contributed by atoms with Crippen molar-refractivity contribution in [3.63, 3.8) is 0 Å². The third-order valence-corrected chi connectivity index (χ3v) is 6.32. The average molecular weight is 350 g/mol. The third kappa shape index (κ3) is 2.81. The molecule has 4 heteroatoms. The summed E-state index contributed by atoms with van der Waals surface area (Å²) in [5.41, 5.74) is 3.29. The largest absolute Gasteiger partial charge is 0.378 e. The lowest BCUT2D eigenvalue weighted by molar-refractivity contribution is -0.0132. The van der Waals surface area contributed by atoms with E-state index >= 15 is 0 Å². The summed E-state index contributed by atoms with van der Waals surface area (Å²) in [6.07, 6.45) is 8.81. The number of methoxy groups -OCH3 is 1. The summed E-state index contributed by atoms with van der Waals surface area (Å²) in [4.78, 5) is 17.8. The summed E-state index contributed by atoms with van der Waals surface area (Å²) in [5.74, 6) is 4.01. The fraction of sp³-hybridized carbons (Fsp3) is 0.500. The first kappa shape index (κ1) is 17.2. The van der Waals surface area contributed by atoms with Crippen LogP contribution in [0.25, 0.3) is 10.9 Å². The number of anilines is 1. The number of rotatable bonds is 3. The van der Waals surface area contributed by atoms with Gasteiger partial charge in [-0.1, -0.05) is 18.9 Å². The van der Waals surface area contributed by atoms with Gasteiger partial charge in [0.25, 0.3) is 5.56 Å². The lowest BCUT2D eigenvalue weighted by Crippen LogP contribution is -2.44. The molecule has 1 N–H and O–H groups in total. The number of H-pyrrole nitrogens is 1. The molecule has 0 spiro atoms. The topological polar surface area (TPSA) is 45.3 Å². The SMILES string of the molecule is C#Cc1c(N2CCC(C)(OC)CC2)c2cc([C@H]3C[C@H]3C)ccc2[nH]c1=O. The molecule has 2 aromatic rings. The van der Waals surface area contributed by atoms with Crippen molar-refractivity contribution in [1.29, 1.82) is 0 Å². The van der Waals surface area contributed by atoms with E-state index in [4.69, 9.17) is 11.2 Å². The molecule has 1 aromatic carbocycles. The Hall–Kier alpha value is -2.25. The average Bonchev–Trinajstić information content (AvgIpc) is 3.38. The minimum absolute atomic E-state index is 0.0988. The highest BCUT2D eigenvalue weighted by atomic mass is 16.5. The van der Waals surface area contributed by atoms with Crippen LogP contribution in [-0.2, 0) is 4.74 Å². The smallest absolute Gasteiger partial charge is 0.266 e. The van der Waals surface area contributed by atoms with Crippen molar-refractivity contribution >= 4 is 16.6 Å². The minimum atomic E-state index is -0.178. The van der Waals surface area contributed by atoms with Crippen LogP contribution in [0.15, 0.2) is 23.0 Å². The first-order valence-electron chi connectivity index (χ1n) is 9.42. The molecule has 2 heterocycles. The van der Waals surface area contributed by atoms with Gasteiger partial charge in [0.2, 0.25) is 0 Å². The molecule has 4 rings (SSSR count). The molecule has 0 radical (unpaired) electrons. The summed E-state index contributed by atoms with van der Waals surface area (Å²) in [5, 5.41) is 1.06. The summed E-state index contributed by atoms with van der Waals surface area (Å²) < 4.78 is 5.67. The monoisotopic (exact) mass is 350 g/mol. The second-order valence-electron chi connectivity index (χ2n) is 8.09. The molecule has 1 aliphatic heterocycles. The van der Waals surface area contributed by atoms with Crippen molar-refractivity contribution in [2.45, 2.75) is 44.6 Å². The van der Waals surface area contributed by atoms with Gasteiger partial charge in [0.15, 0.2) is 0 Å². The molecule has 136 valence electrons. The van der Waals surface area contributed by atoms with Crippen LogP contribution in [0, 0.1) is 18.3 Å². The number of hydrogen-bond donors (Lipinski definition) is 1. The standard InChI is InChI=1S/C22H26N2O2/c1-5-16-20(24-10-8-22(3,26-4)9-11-24)18-13-15(17-12-14(17)2)6-7-19(18)23-21(16)25/h1,6-7,13-14,17H,8-12H2,2-4H3,(H,23,25)/t14-,17+/m1/s1. The second-order valence-corrected chi connectivity index (χ2v) is 8.09. The van der Waals surface area contributed by atoms with Crippen LogP contribution in [0.4, 0.5) is 5.69 Å². The Bertz CT molecular complexity index is 945. The number of aromatic amines is 1. The van der Waals surface area contributed by atoms with E-state index in [1.54, 1.807) is 7.11 Å². The highest BCUT2D eigenvalue weighted by molar-refractivity contribution is 5.95. The number of nitrogens with one attached hydrogen (secondary N) is 1. The maximum atomic E-state index is 12.5. The molecule has 0 bridgehead atoms. The van der Waals surface area contributed by atoms with E-state index < -0.39 is 0 Å². The molecule has 26 heavy (non-hydrogen) atoms. The number of piperidine rings is 1. The highest BCUT2D eigenvalue weighted by Crippen LogP contribution is 2.48. The van der Waals surface area contributed by atoms with Crippen molar-refractivity contribution in [2.75, 3.05) is 25.1 Å². The molecule has 0 amide bonds. The zero-order chi connectivity index (χ0) is 18.5. The van der Waals surface area contributed by atoms with Crippen molar-refractivity contribution < 1.29 is 4.74 Å². The number of benzene rings is 1. The van der Waals surface area contributed by atoms with Crippen LogP contribution in [0.3, 0.4) is 0 Å². The maximum Gasteiger partial charge on any atom is 0.266 e. The quantitative estimate of drug-likeness (QED) is 0.860. The van der Waals surface area contributed by atoms with Crippen molar-refractivity contribution in [3.8, 4) is 12.3 Å². The summed E-state index contributed by atoms with van der Waals surface area (Å²) >= 11 is 0. The molecule has 1 saturated heterocycles. The van der Waals surface area contributed by atoms with Crippen LogP contribution in [0.1, 0.15) is 50.2 Å². The Morgan fingerprint density at radius 1 is 1.35 bits per heavy atom. The lowest BCUT2D eigenvalue weighted by atomic mass is 9.92. The number of fused-ring (bicyclic) bond motifs is 1. The summed E-state index contributed by atoms with van der Waals surface area (Å²) in [7, 11) is 1.77. The zero-order valence-corrected chi connectivity index (χ0v) is 15.8. The Morgan fingerprint density at radius 3 is 2.62 bits per heavy atom. The fourth-order valence-electron chi connectivity index (χ4n) is 4.18. The Labute approximate surface area is 154 Å². The van der Waals surface area contributed by atoms with Gasteiger partial charge in [0.1, 0.15) is 5.56 Å². The Balaban J connectivity index is 1.83. The Morgan fingerprint density at radius 2 is 2.04 bits per heavy atom. The van der Waals surface area contributed by atoms with Gasteiger partial charge in [-0.3, -0.25) is 4.79 Å². The van der Waals surface area contributed by atoms with Crippen LogP contribution in [0.5, 0.6) is 0 Å². The maximum absolute atomic E-state index is 12.5. The lowest BCUT2D eigenvalue weighted by Gasteiger charge is -2.40. The van der Waals surface area contributed by atoms with Crippen LogP contribution in [0.2, 0.25) is 0 Å². The molecule has 2 aliphatic rings. The van der Waals surface area contributed by atoms with Crippen LogP contribution >= 0.6 is 0 Å². The molecule has 1 aromatic heterocycles. The van der Waals surface area contributed by atoms with Crippen molar-refractivity contribution in [3.05, 3.63) is 39.7 Å². The first-order chi connectivity index (χ1) is 12.5. The van der Waals surface area contributed by atoms with Gasteiger partial charge in [-0.2, -0.15) is 0 Å². The van der Waals surface area contributed by atoms with E-state index in [1.165, 1.54) is 12.0 Å². The first-order valence-corrected chi connectivity index (χ1v) is 9.42. The van der Waals surface area contributed by atoms with E-state index in [0.29, 0.717) is 11.5 Å². The number of aromatic nitrogens is 1. The summed E-state index contributed by atoms with van der Waals surface area (Å²) in [6, 6.07) is 6.41. The van der Waals surface area contributed by atoms with Crippen LogP contribution < -0.4 is 10.5 Å². The molecule has 1 saturated carbocycles. The van der Waals surface area contributed by atoms with Gasteiger partial charge in [-0.25, -0.2) is 0 Å². The van der Waals surface area contributed by atoms with E-state index in [0.717, 1.165) is 48.4 Å². The van der Waals surface area contributed by atoms with Gasteiger partial charge in [-0.05, 0) is 55.7 Å². The normalized spacial score (nSPS) is 24.5. The van der Waals surface area contributed by atoms with Crippen molar-refractivity contribution in [1.82, 2.24) is 4.98 Å². The molecular weight excluding hydrogens is 324 g/mol. The van der Waals surface area contributed by atoms with E-state index in [9.17, 15) is 4.79 Å². The number of ether oxygens (including phenoxy) is 1. The molecule has 2 fully saturated rings. The zero-order valence-electron chi connectivity index (χ0n) is 15.8. The Kier molecular flexibility index (Phi) is 4.08. The van der Waals surface area contributed by atoms with E-state index in [-0.39, 0.29) is 11.2 Å². The third-order valence-electron chi connectivity index (χ3n) is 6.32. The van der Waals surface area contributed by atoms with Gasteiger partial charge < -0.3 is 14.6 Å². The number of terminal acetylenes is 1. The minimum Gasteiger partial charge on any atom is -0.378 e. The highest BCUT2D eigenvalue weighted by Gasteiger charge is 2.35. The molecular formula is C22H26N2O2. The number of pyridine rings is 1. The van der Waals surface area contributed by atoms with Gasteiger partial charge >= 0.3 is 0 Å². The number of nitrogens with zero attached hydrogens (tertiary/aromatic N) is 1. The van der Waals surface area contributed by atoms with Crippen LogP contribution in [-0.4, -0.2) is 30.8 Å². The summed E-state index contributed by atoms with van der Waals surface area (Å²) in [6.45, 7) is 6.10. The second kappa shape index (κ2) is 6.17. The van der Waals surface area contributed by atoms with E-state index in [1.807, 2.05) is 6.07 Å². The van der Waals surface area contributed by atoms with Crippen molar-refractivity contribution in [2.24, 2.45) is 5.92 Å². The molecule has 0 unspecified atom stereocenters.